The van der Waals surface area contributed by atoms with E-state index in [0.717, 1.165) is 0 Å². The van der Waals surface area contributed by atoms with Crippen LogP contribution in [0.4, 0.5) is 10.1 Å². The molecule has 3 nitrogen and oxygen atoms in total. The number of halogens is 1. The highest BCUT2D eigenvalue weighted by Gasteiger charge is 2.04. The first-order valence-electron chi connectivity index (χ1n) is 4.87. The topological polar surface area (TPSA) is 49.3 Å². The minimum absolute atomic E-state index is 0.0278. The summed E-state index contributed by atoms with van der Waals surface area (Å²) in [6.45, 7) is 2.54. The Kier molecular flexibility index (Phi) is 4.09. The van der Waals surface area contributed by atoms with E-state index >= 15 is 0 Å². The molecule has 82 valence electrons. The third-order valence-corrected chi connectivity index (χ3v) is 2.03. The smallest absolute Gasteiger partial charge is 0.303 e. The molecule has 1 rings (SSSR count). The second kappa shape index (κ2) is 5.34. The molecule has 0 saturated carbocycles. The summed E-state index contributed by atoms with van der Waals surface area (Å²) in [7, 11) is 0. The lowest BCUT2D eigenvalue weighted by Gasteiger charge is -2.06. The van der Waals surface area contributed by atoms with E-state index in [9.17, 15) is 9.18 Å². The minimum atomic E-state index is -0.869. The van der Waals surface area contributed by atoms with Crippen molar-refractivity contribution in [1.29, 1.82) is 0 Å². The fraction of sp³-hybridized carbons (Fsp3) is 0.364. The van der Waals surface area contributed by atoms with Gasteiger partial charge < -0.3 is 10.4 Å². The van der Waals surface area contributed by atoms with Crippen molar-refractivity contribution in [3.63, 3.8) is 0 Å². The van der Waals surface area contributed by atoms with Crippen LogP contribution in [-0.2, 0) is 11.2 Å². The van der Waals surface area contributed by atoms with E-state index in [1.807, 2.05) is 6.92 Å². The largest absolute Gasteiger partial charge is 0.481 e. The average Bonchev–Trinajstić information content (AvgIpc) is 2.19. The molecule has 0 aliphatic carbocycles. The first-order chi connectivity index (χ1) is 7.13. The Balaban J connectivity index is 2.68. The number of aliphatic carboxylic acids is 1. The molecule has 0 spiro atoms. The third-order valence-electron chi connectivity index (χ3n) is 2.03. The van der Waals surface area contributed by atoms with Crippen LogP contribution in [0.1, 0.15) is 18.9 Å². The van der Waals surface area contributed by atoms with Gasteiger partial charge in [0.05, 0.1) is 5.69 Å². The number of hydrogen-bond acceptors (Lipinski definition) is 2. The Morgan fingerprint density at radius 3 is 2.80 bits per heavy atom. The van der Waals surface area contributed by atoms with Gasteiger partial charge in [-0.25, -0.2) is 4.39 Å². The molecule has 0 saturated heterocycles. The fourth-order valence-corrected chi connectivity index (χ4v) is 1.30. The quantitative estimate of drug-likeness (QED) is 0.785. The van der Waals surface area contributed by atoms with Gasteiger partial charge in [0.25, 0.3) is 0 Å². The van der Waals surface area contributed by atoms with E-state index in [1.165, 1.54) is 6.07 Å². The number of rotatable bonds is 5. The van der Waals surface area contributed by atoms with Crippen molar-refractivity contribution >= 4 is 11.7 Å². The van der Waals surface area contributed by atoms with Crippen LogP contribution >= 0.6 is 0 Å². The number of carboxylic acids is 1. The lowest BCUT2D eigenvalue weighted by atomic mass is 10.1. The lowest BCUT2D eigenvalue weighted by molar-refractivity contribution is -0.136. The van der Waals surface area contributed by atoms with Crippen molar-refractivity contribution in [3.8, 4) is 0 Å². The van der Waals surface area contributed by atoms with Gasteiger partial charge in [-0.2, -0.15) is 0 Å². The molecular weight excluding hydrogens is 197 g/mol. The molecule has 4 heteroatoms. The van der Waals surface area contributed by atoms with Gasteiger partial charge >= 0.3 is 5.97 Å². The lowest BCUT2D eigenvalue weighted by Crippen LogP contribution is -2.01. The Hall–Kier alpha value is -1.58. The molecule has 0 bridgehead atoms. The van der Waals surface area contributed by atoms with Gasteiger partial charge in [0.2, 0.25) is 0 Å². The molecule has 0 radical (unpaired) electrons. The number of hydrogen-bond donors (Lipinski definition) is 2. The van der Waals surface area contributed by atoms with Crippen LogP contribution in [0.3, 0.4) is 0 Å². The molecule has 0 fully saturated rings. The van der Waals surface area contributed by atoms with Crippen LogP contribution in [0.15, 0.2) is 18.2 Å². The van der Waals surface area contributed by atoms with Crippen molar-refractivity contribution in [2.75, 3.05) is 11.9 Å². The molecule has 0 amide bonds. The highest BCUT2D eigenvalue weighted by Crippen LogP contribution is 2.16. The highest BCUT2D eigenvalue weighted by molar-refractivity contribution is 5.67. The van der Waals surface area contributed by atoms with Crippen molar-refractivity contribution in [2.24, 2.45) is 0 Å². The van der Waals surface area contributed by atoms with E-state index in [-0.39, 0.29) is 12.2 Å². The summed E-state index contributed by atoms with van der Waals surface area (Å²) in [5.41, 5.74) is 1.16. The Labute approximate surface area is 87.9 Å². The van der Waals surface area contributed by atoms with Gasteiger partial charge in [-0.05, 0) is 31.0 Å². The maximum atomic E-state index is 13.4. The maximum absolute atomic E-state index is 13.4. The predicted octanol–water partition coefficient (Wildman–Crippen LogP) is 2.27. The molecule has 0 aliphatic heterocycles. The second-order valence-corrected chi connectivity index (χ2v) is 3.24. The molecule has 0 atom stereocenters. The molecule has 1 aromatic carbocycles. The molecular formula is C11H14FNO2. The van der Waals surface area contributed by atoms with E-state index in [1.54, 1.807) is 12.1 Å². The van der Waals surface area contributed by atoms with Crippen molar-refractivity contribution in [2.45, 2.75) is 19.8 Å². The Morgan fingerprint density at radius 1 is 1.53 bits per heavy atom. The summed E-state index contributed by atoms with van der Waals surface area (Å²) in [5.74, 6) is -1.20. The molecule has 15 heavy (non-hydrogen) atoms. The number of nitrogens with one attached hydrogen (secondary N) is 1. The zero-order valence-electron chi connectivity index (χ0n) is 8.59. The molecule has 2 N–H and O–H groups in total. The molecule has 1 aromatic rings. The average molecular weight is 211 g/mol. The summed E-state index contributed by atoms with van der Waals surface area (Å²) < 4.78 is 13.4. The van der Waals surface area contributed by atoms with Crippen molar-refractivity contribution in [3.05, 3.63) is 29.6 Å². The first-order valence-corrected chi connectivity index (χ1v) is 4.87. The summed E-state index contributed by atoms with van der Waals surface area (Å²) in [4.78, 5) is 10.3. The summed E-state index contributed by atoms with van der Waals surface area (Å²) in [6, 6.07) is 4.75. The summed E-state index contributed by atoms with van der Waals surface area (Å²) in [5, 5.41) is 11.4. The monoisotopic (exact) mass is 211 g/mol. The number of anilines is 1. The normalized spacial score (nSPS) is 10.0. The zero-order valence-corrected chi connectivity index (χ0v) is 8.59. The summed E-state index contributed by atoms with van der Waals surface area (Å²) >= 11 is 0. The van der Waals surface area contributed by atoms with Gasteiger partial charge in [0, 0.05) is 13.0 Å². The Morgan fingerprint density at radius 2 is 2.27 bits per heavy atom. The van der Waals surface area contributed by atoms with Crippen molar-refractivity contribution < 1.29 is 14.3 Å². The van der Waals surface area contributed by atoms with Crippen LogP contribution < -0.4 is 5.32 Å². The Bertz CT molecular complexity index is 352. The van der Waals surface area contributed by atoms with E-state index in [0.29, 0.717) is 24.2 Å². The van der Waals surface area contributed by atoms with Gasteiger partial charge in [-0.1, -0.05) is 6.07 Å². The maximum Gasteiger partial charge on any atom is 0.303 e. The van der Waals surface area contributed by atoms with Crippen LogP contribution in [0.25, 0.3) is 0 Å². The SMILES string of the molecule is CCNc1ccc(CCC(=O)O)cc1F. The fourth-order valence-electron chi connectivity index (χ4n) is 1.30. The minimum Gasteiger partial charge on any atom is -0.481 e. The zero-order chi connectivity index (χ0) is 11.3. The van der Waals surface area contributed by atoms with Crippen LogP contribution in [0, 0.1) is 5.82 Å². The molecule has 0 unspecified atom stereocenters. The number of aryl methyl sites for hydroxylation is 1. The molecule has 0 heterocycles. The van der Waals surface area contributed by atoms with Crippen LogP contribution in [0.2, 0.25) is 0 Å². The standard InChI is InChI=1S/C11H14FNO2/c1-2-13-10-5-3-8(7-9(10)12)4-6-11(14)15/h3,5,7,13H,2,4,6H2,1H3,(H,14,15). The van der Waals surface area contributed by atoms with Gasteiger partial charge in [0.1, 0.15) is 5.82 Å². The highest BCUT2D eigenvalue weighted by atomic mass is 19.1. The third kappa shape index (κ3) is 3.58. The van der Waals surface area contributed by atoms with E-state index < -0.39 is 5.97 Å². The number of benzene rings is 1. The predicted molar refractivity (Wildman–Crippen MR) is 56.5 cm³/mol. The first kappa shape index (κ1) is 11.5. The van der Waals surface area contributed by atoms with Crippen LogP contribution in [-0.4, -0.2) is 17.6 Å². The van der Waals surface area contributed by atoms with Gasteiger partial charge in [0.15, 0.2) is 0 Å². The van der Waals surface area contributed by atoms with Crippen LogP contribution in [0.5, 0.6) is 0 Å². The number of carbonyl (C=O) groups is 1. The number of carboxylic acid groups (broad SMARTS) is 1. The van der Waals surface area contributed by atoms with Gasteiger partial charge in [-0.15, -0.1) is 0 Å². The van der Waals surface area contributed by atoms with Gasteiger partial charge in [-0.3, -0.25) is 4.79 Å². The molecule has 0 aliphatic rings. The van der Waals surface area contributed by atoms with E-state index in [2.05, 4.69) is 5.32 Å². The van der Waals surface area contributed by atoms with Crippen molar-refractivity contribution in [1.82, 2.24) is 0 Å². The molecule has 0 aromatic heterocycles. The summed E-state index contributed by atoms with van der Waals surface area (Å²) in [6.07, 6.45) is 0.388. The van der Waals surface area contributed by atoms with E-state index in [4.69, 9.17) is 5.11 Å². The second-order valence-electron chi connectivity index (χ2n) is 3.24.